The summed E-state index contributed by atoms with van der Waals surface area (Å²) < 4.78 is 26.6. The van der Waals surface area contributed by atoms with Crippen molar-refractivity contribution in [3.05, 3.63) is 68.7 Å². The molecule has 0 aromatic heterocycles. The first-order valence-electron chi connectivity index (χ1n) is 9.97. The number of nitrogens with one attached hydrogen (secondary N) is 1. The number of hydrogen-bond acceptors (Lipinski definition) is 6. The number of halogens is 1. The first-order chi connectivity index (χ1) is 15.4. The Kier molecular flexibility index (Phi) is 8.94. The molecule has 0 aliphatic rings. The van der Waals surface area contributed by atoms with Crippen molar-refractivity contribution in [2.75, 3.05) is 23.7 Å². The van der Waals surface area contributed by atoms with Crippen LogP contribution in [-0.2, 0) is 26.2 Å². The topological polar surface area (TPSA) is 130 Å². The van der Waals surface area contributed by atoms with Gasteiger partial charge in [0.05, 0.1) is 16.9 Å². The van der Waals surface area contributed by atoms with Crippen molar-refractivity contribution < 1.29 is 22.9 Å². The van der Waals surface area contributed by atoms with Crippen molar-refractivity contribution in [1.82, 2.24) is 10.2 Å². The second kappa shape index (κ2) is 11.2. The van der Waals surface area contributed by atoms with Gasteiger partial charge in [0.1, 0.15) is 12.6 Å². The third-order valence-corrected chi connectivity index (χ3v) is 6.46. The van der Waals surface area contributed by atoms with E-state index in [2.05, 4.69) is 21.2 Å². The molecule has 1 atom stereocenters. The zero-order valence-corrected chi connectivity index (χ0v) is 20.8. The van der Waals surface area contributed by atoms with E-state index < -0.39 is 33.4 Å². The molecule has 2 aromatic carbocycles. The number of carbonyl (C=O) groups is 2. The fourth-order valence-corrected chi connectivity index (χ4v) is 4.17. The molecule has 178 valence electrons. The summed E-state index contributed by atoms with van der Waals surface area (Å²) in [6.45, 7) is 3.11. The van der Waals surface area contributed by atoms with Gasteiger partial charge < -0.3 is 10.2 Å². The van der Waals surface area contributed by atoms with E-state index in [1.807, 2.05) is 0 Å². The second-order valence-electron chi connectivity index (χ2n) is 7.27. The lowest BCUT2D eigenvalue weighted by Gasteiger charge is -2.31. The maximum absolute atomic E-state index is 13.3. The van der Waals surface area contributed by atoms with Gasteiger partial charge in [0.2, 0.25) is 21.8 Å². The summed E-state index contributed by atoms with van der Waals surface area (Å²) in [4.78, 5) is 37.6. The molecule has 33 heavy (non-hydrogen) atoms. The van der Waals surface area contributed by atoms with Gasteiger partial charge in [-0.15, -0.1) is 0 Å². The van der Waals surface area contributed by atoms with E-state index in [4.69, 9.17) is 0 Å². The molecule has 0 aliphatic carbocycles. The minimum Gasteiger partial charge on any atom is -0.355 e. The molecule has 0 bridgehead atoms. The Morgan fingerprint density at radius 2 is 1.82 bits per heavy atom. The maximum Gasteiger partial charge on any atom is 0.271 e. The number of amides is 2. The number of nitro groups is 1. The van der Waals surface area contributed by atoms with E-state index in [1.54, 1.807) is 38.1 Å². The monoisotopic (exact) mass is 540 g/mol. The number of likely N-dealkylation sites (N-methyl/N-ethyl adjacent to an activating group) is 1. The average Bonchev–Trinajstić information content (AvgIpc) is 2.75. The van der Waals surface area contributed by atoms with E-state index in [9.17, 15) is 28.1 Å². The van der Waals surface area contributed by atoms with E-state index in [-0.39, 0.29) is 23.8 Å². The Hall–Kier alpha value is -2.99. The van der Waals surface area contributed by atoms with E-state index >= 15 is 0 Å². The van der Waals surface area contributed by atoms with Crippen molar-refractivity contribution in [2.24, 2.45) is 0 Å². The fourth-order valence-electron chi connectivity index (χ4n) is 3.07. The summed E-state index contributed by atoms with van der Waals surface area (Å²) in [5, 5.41) is 13.8. The lowest BCUT2D eigenvalue weighted by atomic mass is 10.1. The largest absolute Gasteiger partial charge is 0.355 e. The number of rotatable bonds is 10. The lowest BCUT2D eigenvalue weighted by Crippen LogP contribution is -2.51. The van der Waals surface area contributed by atoms with Gasteiger partial charge in [-0.1, -0.05) is 34.1 Å². The first kappa shape index (κ1) is 26.3. The fraction of sp³-hybridized carbons (Fsp3) is 0.333. The van der Waals surface area contributed by atoms with Gasteiger partial charge in [0, 0.05) is 29.7 Å². The molecule has 12 heteroatoms. The molecule has 0 heterocycles. The Bertz CT molecular complexity index is 1120. The Labute approximate surface area is 200 Å². The number of nitro benzene ring substituents is 1. The van der Waals surface area contributed by atoms with Crippen molar-refractivity contribution >= 4 is 49.1 Å². The van der Waals surface area contributed by atoms with Crippen LogP contribution in [0.25, 0.3) is 0 Å². The zero-order valence-electron chi connectivity index (χ0n) is 18.4. The average molecular weight is 541 g/mol. The number of carbonyl (C=O) groups excluding carboxylic acids is 2. The third kappa shape index (κ3) is 7.26. The van der Waals surface area contributed by atoms with Crippen LogP contribution in [0.15, 0.2) is 53.0 Å². The number of nitrogens with zero attached hydrogens (tertiary/aromatic N) is 3. The summed E-state index contributed by atoms with van der Waals surface area (Å²) in [5.74, 6) is -1.02. The second-order valence-corrected chi connectivity index (χ2v) is 10.1. The number of benzene rings is 2. The Morgan fingerprint density at radius 1 is 1.18 bits per heavy atom. The van der Waals surface area contributed by atoms with Gasteiger partial charge in [-0.2, -0.15) is 0 Å². The summed E-state index contributed by atoms with van der Waals surface area (Å²) in [7, 11) is -3.97. The molecule has 0 aliphatic heterocycles. The lowest BCUT2D eigenvalue weighted by molar-refractivity contribution is -0.384. The van der Waals surface area contributed by atoms with Gasteiger partial charge in [-0.25, -0.2) is 8.42 Å². The van der Waals surface area contributed by atoms with Gasteiger partial charge in [0.15, 0.2) is 0 Å². The van der Waals surface area contributed by atoms with Gasteiger partial charge in [-0.3, -0.25) is 24.0 Å². The number of sulfonamides is 1. The minimum atomic E-state index is -3.97. The minimum absolute atomic E-state index is 0.0192. The van der Waals surface area contributed by atoms with Crippen LogP contribution in [0.5, 0.6) is 0 Å². The van der Waals surface area contributed by atoms with Crippen LogP contribution in [-0.4, -0.2) is 55.4 Å². The number of hydrogen-bond donors (Lipinski definition) is 1. The molecule has 1 unspecified atom stereocenters. The van der Waals surface area contributed by atoms with Crippen LogP contribution in [0.4, 0.5) is 11.4 Å². The van der Waals surface area contributed by atoms with Crippen LogP contribution in [0.2, 0.25) is 0 Å². The standard InChI is InChI=1S/C21H25BrN4O6S/c1-4-23-21(28)15(2)24(13-16-8-10-17(22)11-9-16)20(27)14-25(33(3,31)32)18-6-5-7-19(12-18)26(29)30/h5-12,15H,4,13-14H2,1-3H3,(H,23,28). The smallest absolute Gasteiger partial charge is 0.271 e. The molecule has 0 saturated carbocycles. The molecule has 0 fully saturated rings. The quantitative estimate of drug-likeness (QED) is 0.364. The maximum atomic E-state index is 13.3. The van der Waals surface area contributed by atoms with E-state index in [0.29, 0.717) is 6.54 Å². The highest BCUT2D eigenvalue weighted by molar-refractivity contribution is 9.10. The van der Waals surface area contributed by atoms with Crippen molar-refractivity contribution in [2.45, 2.75) is 26.4 Å². The summed E-state index contributed by atoms with van der Waals surface area (Å²) in [6.07, 6.45) is 0.908. The van der Waals surface area contributed by atoms with Crippen LogP contribution in [0.3, 0.4) is 0 Å². The number of non-ortho nitro benzene ring substituents is 1. The zero-order chi connectivity index (χ0) is 24.8. The molecule has 0 spiro atoms. The third-order valence-electron chi connectivity index (χ3n) is 4.79. The normalized spacial score (nSPS) is 12.0. The molecule has 2 amide bonds. The van der Waals surface area contributed by atoms with Gasteiger partial charge in [0.25, 0.3) is 5.69 Å². The molecular formula is C21H25BrN4O6S. The molecule has 2 rings (SSSR count). The van der Waals surface area contributed by atoms with Gasteiger partial charge >= 0.3 is 0 Å². The van der Waals surface area contributed by atoms with Crippen LogP contribution in [0, 0.1) is 10.1 Å². The Morgan fingerprint density at radius 3 is 2.36 bits per heavy atom. The molecular weight excluding hydrogens is 516 g/mol. The van der Waals surface area contributed by atoms with Crippen LogP contribution in [0.1, 0.15) is 19.4 Å². The summed E-state index contributed by atoms with van der Waals surface area (Å²) in [5.41, 5.74) is 0.411. The highest BCUT2D eigenvalue weighted by atomic mass is 79.9. The molecule has 0 saturated heterocycles. The molecule has 2 aromatic rings. The van der Waals surface area contributed by atoms with Crippen molar-refractivity contribution in [3.63, 3.8) is 0 Å². The molecule has 1 N–H and O–H groups in total. The highest BCUT2D eigenvalue weighted by Crippen LogP contribution is 2.24. The van der Waals surface area contributed by atoms with Crippen molar-refractivity contribution in [1.29, 1.82) is 0 Å². The molecule has 10 nitrogen and oxygen atoms in total. The highest BCUT2D eigenvalue weighted by Gasteiger charge is 2.30. The van der Waals surface area contributed by atoms with Crippen LogP contribution >= 0.6 is 15.9 Å². The summed E-state index contributed by atoms with van der Waals surface area (Å²) >= 11 is 3.34. The predicted molar refractivity (Wildman–Crippen MR) is 128 cm³/mol. The predicted octanol–water partition coefficient (Wildman–Crippen LogP) is 2.68. The van der Waals surface area contributed by atoms with Crippen molar-refractivity contribution in [3.8, 4) is 0 Å². The first-order valence-corrected chi connectivity index (χ1v) is 12.6. The molecule has 0 radical (unpaired) electrons. The number of anilines is 1. The SMILES string of the molecule is CCNC(=O)C(C)N(Cc1ccc(Br)cc1)C(=O)CN(c1cccc([N+](=O)[O-])c1)S(C)(=O)=O. The van der Waals surface area contributed by atoms with Crippen LogP contribution < -0.4 is 9.62 Å². The summed E-state index contributed by atoms with van der Waals surface area (Å²) in [6, 6.07) is 11.3. The Balaban J connectivity index is 2.41. The van der Waals surface area contributed by atoms with E-state index in [0.717, 1.165) is 26.7 Å². The van der Waals surface area contributed by atoms with E-state index in [1.165, 1.54) is 23.1 Å². The van der Waals surface area contributed by atoms with Gasteiger partial charge in [-0.05, 0) is 37.6 Å².